The SMILES string of the molecule is Cc1ccccc1NC(=O)Nc1ccc2c(c1)CN(C(=O)C(C)C)CC2. The first-order chi connectivity index (χ1) is 12.4. The van der Waals surface area contributed by atoms with Gasteiger partial charge in [-0.05, 0) is 48.2 Å². The summed E-state index contributed by atoms with van der Waals surface area (Å²) >= 11 is 0. The van der Waals surface area contributed by atoms with Crippen LogP contribution < -0.4 is 10.6 Å². The van der Waals surface area contributed by atoms with Crippen LogP contribution in [0.15, 0.2) is 42.5 Å². The number of hydrogen-bond acceptors (Lipinski definition) is 2. The lowest BCUT2D eigenvalue weighted by Crippen LogP contribution is -2.38. The zero-order valence-electron chi connectivity index (χ0n) is 15.5. The van der Waals surface area contributed by atoms with Gasteiger partial charge in [-0.1, -0.05) is 38.1 Å². The van der Waals surface area contributed by atoms with Crippen LogP contribution in [0, 0.1) is 12.8 Å². The van der Waals surface area contributed by atoms with Gasteiger partial charge < -0.3 is 15.5 Å². The fourth-order valence-electron chi connectivity index (χ4n) is 3.19. The molecule has 0 aromatic heterocycles. The van der Waals surface area contributed by atoms with Crippen molar-refractivity contribution in [2.75, 3.05) is 17.2 Å². The minimum absolute atomic E-state index is 0.00209. The number of anilines is 2. The molecule has 3 amide bonds. The molecule has 5 nitrogen and oxygen atoms in total. The molecule has 1 aliphatic heterocycles. The van der Waals surface area contributed by atoms with E-state index in [1.165, 1.54) is 5.56 Å². The van der Waals surface area contributed by atoms with Crippen molar-refractivity contribution in [2.24, 2.45) is 5.92 Å². The molecule has 0 spiro atoms. The van der Waals surface area contributed by atoms with Crippen molar-refractivity contribution in [3.63, 3.8) is 0 Å². The van der Waals surface area contributed by atoms with E-state index in [4.69, 9.17) is 0 Å². The monoisotopic (exact) mass is 351 g/mol. The molecule has 26 heavy (non-hydrogen) atoms. The molecule has 0 bridgehead atoms. The molecule has 136 valence electrons. The van der Waals surface area contributed by atoms with Crippen molar-refractivity contribution >= 4 is 23.3 Å². The fourth-order valence-corrected chi connectivity index (χ4v) is 3.19. The number of nitrogens with zero attached hydrogens (tertiary/aromatic N) is 1. The fraction of sp³-hybridized carbons (Fsp3) is 0.333. The van der Waals surface area contributed by atoms with E-state index in [1.54, 1.807) is 0 Å². The summed E-state index contributed by atoms with van der Waals surface area (Å²) < 4.78 is 0. The Morgan fingerprint density at radius 2 is 1.81 bits per heavy atom. The highest BCUT2D eigenvalue weighted by Crippen LogP contribution is 2.24. The lowest BCUT2D eigenvalue weighted by atomic mass is 9.98. The first-order valence-corrected chi connectivity index (χ1v) is 8.98. The van der Waals surface area contributed by atoms with Gasteiger partial charge in [0.15, 0.2) is 0 Å². The van der Waals surface area contributed by atoms with Gasteiger partial charge in [-0.3, -0.25) is 4.79 Å². The Labute approximate surface area is 154 Å². The molecule has 0 fully saturated rings. The maximum Gasteiger partial charge on any atom is 0.323 e. The Bertz CT molecular complexity index is 830. The number of carbonyl (C=O) groups is 2. The summed E-state index contributed by atoms with van der Waals surface area (Å²) in [6, 6.07) is 13.3. The molecular weight excluding hydrogens is 326 g/mol. The van der Waals surface area contributed by atoms with Crippen LogP contribution in [-0.4, -0.2) is 23.4 Å². The first kappa shape index (κ1) is 18.0. The minimum Gasteiger partial charge on any atom is -0.338 e. The highest BCUT2D eigenvalue weighted by molar-refractivity contribution is 6.00. The van der Waals surface area contributed by atoms with E-state index in [1.807, 2.05) is 68.1 Å². The molecule has 1 aliphatic rings. The number of fused-ring (bicyclic) bond motifs is 1. The third-order valence-electron chi connectivity index (χ3n) is 4.68. The zero-order chi connectivity index (χ0) is 18.7. The van der Waals surface area contributed by atoms with E-state index >= 15 is 0 Å². The van der Waals surface area contributed by atoms with Crippen LogP contribution in [0.1, 0.15) is 30.5 Å². The van der Waals surface area contributed by atoms with Crippen LogP contribution in [0.3, 0.4) is 0 Å². The molecule has 1 heterocycles. The predicted octanol–water partition coefficient (Wildman–Crippen LogP) is 4.18. The van der Waals surface area contributed by atoms with Crippen molar-refractivity contribution in [3.05, 3.63) is 59.2 Å². The number of benzene rings is 2. The van der Waals surface area contributed by atoms with Crippen LogP contribution in [0.2, 0.25) is 0 Å². The highest BCUT2D eigenvalue weighted by Gasteiger charge is 2.22. The third kappa shape index (κ3) is 4.04. The largest absolute Gasteiger partial charge is 0.338 e. The lowest BCUT2D eigenvalue weighted by Gasteiger charge is -2.30. The van der Waals surface area contributed by atoms with Gasteiger partial charge in [-0.25, -0.2) is 4.79 Å². The molecule has 0 saturated carbocycles. The Balaban J connectivity index is 1.69. The van der Waals surface area contributed by atoms with Gasteiger partial charge >= 0.3 is 6.03 Å². The summed E-state index contributed by atoms with van der Waals surface area (Å²) in [5, 5.41) is 5.75. The average Bonchev–Trinajstić information content (AvgIpc) is 2.62. The summed E-state index contributed by atoms with van der Waals surface area (Å²) in [5.74, 6) is 0.170. The maximum atomic E-state index is 12.3. The van der Waals surface area contributed by atoms with E-state index in [2.05, 4.69) is 10.6 Å². The number of para-hydroxylation sites is 1. The first-order valence-electron chi connectivity index (χ1n) is 8.98. The van der Waals surface area contributed by atoms with Crippen LogP contribution in [-0.2, 0) is 17.8 Å². The Morgan fingerprint density at radius 3 is 2.54 bits per heavy atom. The van der Waals surface area contributed by atoms with Gasteiger partial charge in [0.05, 0.1) is 0 Å². The second-order valence-electron chi connectivity index (χ2n) is 7.04. The van der Waals surface area contributed by atoms with Gasteiger partial charge in [0.2, 0.25) is 5.91 Å². The second-order valence-corrected chi connectivity index (χ2v) is 7.04. The highest BCUT2D eigenvalue weighted by atomic mass is 16.2. The number of nitrogens with one attached hydrogen (secondary N) is 2. The van der Waals surface area contributed by atoms with Gasteiger partial charge in [0, 0.05) is 30.4 Å². The molecule has 2 N–H and O–H groups in total. The van der Waals surface area contributed by atoms with Crippen LogP contribution in [0.4, 0.5) is 16.2 Å². The predicted molar refractivity (Wildman–Crippen MR) is 104 cm³/mol. The number of hydrogen-bond donors (Lipinski definition) is 2. The van der Waals surface area contributed by atoms with Crippen LogP contribution >= 0.6 is 0 Å². The summed E-state index contributed by atoms with van der Waals surface area (Å²) in [7, 11) is 0. The van der Waals surface area contributed by atoms with E-state index in [0.29, 0.717) is 6.54 Å². The quantitative estimate of drug-likeness (QED) is 0.871. The van der Waals surface area contributed by atoms with E-state index < -0.39 is 0 Å². The van der Waals surface area contributed by atoms with Gasteiger partial charge in [-0.2, -0.15) is 0 Å². The average molecular weight is 351 g/mol. The molecule has 0 saturated heterocycles. The number of amides is 3. The van der Waals surface area contributed by atoms with Crippen LogP contribution in [0.5, 0.6) is 0 Å². The summed E-state index contributed by atoms with van der Waals surface area (Å²) in [4.78, 5) is 26.4. The van der Waals surface area contributed by atoms with Crippen LogP contribution in [0.25, 0.3) is 0 Å². The minimum atomic E-state index is -0.273. The molecule has 0 unspecified atom stereocenters. The number of rotatable bonds is 3. The molecule has 3 rings (SSSR count). The van der Waals surface area contributed by atoms with Gasteiger partial charge in [0.1, 0.15) is 0 Å². The molecule has 0 radical (unpaired) electrons. The van der Waals surface area contributed by atoms with Gasteiger partial charge in [-0.15, -0.1) is 0 Å². The maximum absolute atomic E-state index is 12.3. The number of aryl methyl sites for hydroxylation is 1. The number of urea groups is 1. The van der Waals surface area contributed by atoms with E-state index in [9.17, 15) is 9.59 Å². The van der Waals surface area contributed by atoms with Crippen molar-refractivity contribution in [1.29, 1.82) is 0 Å². The zero-order valence-corrected chi connectivity index (χ0v) is 15.5. The lowest BCUT2D eigenvalue weighted by molar-refractivity contribution is -0.135. The molecule has 0 aliphatic carbocycles. The van der Waals surface area contributed by atoms with Crippen molar-refractivity contribution in [2.45, 2.75) is 33.7 Å². The van der Waals surface area contributed by atoms with Crippen molar-refractivity contribution in [1.82, 2.24) is 4.90 Å². The normalized spacial score (nSPS) is 13.3. The van der Waals surface area contributed by atoms with Crippen molar-refractivity contribution < 1.29 is 9.59 Å². The molecule has 2 aromatic carbocycles. The van der Waals surface area contributed by atoms with E-state index in [0.717, 1.165) is 35.5 Å². The Hall–Kier alpha value is -2.82. The third-order valence-corrected chi connectivity index (χ3v) is 4.68. The summed E-state index contributed by atoms with van der Waals surface area (Å²) in [6.45, 7) is 7.15. The van der Waals surface area contributed by atoms with E-state index in [-0.39, 0.29) is 17.9 Å². The molecule has 5 heteroatoms. The Kier molecular flexibility index (Phi) is 5.26. The topological polar surface area (TPSA) is 61.4 Å². The number of carbonyl (C=O) groups excluding carboxylic acids is 2. The molecule has 0 atom stereocenters. The van der Waals surface area contributed by atoms with Gasteiger partial charge in [0.25, 0.3) is 0 Å². The van der Waals surface area contributed by atoms with Crippen molar-refractivity contribution in [3.8, 4) is 0 Å². The second kappa shape index (κ2) is 7.60. The summed E-state index contributed by atoms with van der Waals surface area (Å²) in [6.07, 6.45) is 0.851. The standard InChI is InChI=1S/C21H25N3O2/c1-14(2)20(25)24-11-10-16-8-9-18(12-17(16)13-24)22-21(26)23-19-7-5-4-6-15(19)3/h4-9,12,14H,10-11,13H2,1-3H3,(H2,22,23,26). The summed E-state index contributed by atoms with van der Waals surface area (Å²) in [5.41, 5.74) is 4.86. The molecule has 2 aromatic rings. The molecular formula is C21H25N3O2. The Morgan fingerprint density at radius 1 is 1.04 bits per heavy atom. The smallest absolute Gasteiger partial charge is 0.323 e.